The van der Waals surface area contributed by atoms with Crippen molar-refractivity contribution in [3.63, 3.8) is 0 Å². The Kier molecular flexibility index (Phi) is 6.65. The van der Waals surface area contributed by atoms with Gasteiger partial charge in [0, 0.05) is 19.1 Å². The Morgan fingerprint density at radius 2 is 1.89 bits per heavy atom. The molecule has 0 aliphatic heterocycles. The van der Waals surface area contributed by atoms with Crippen LogP contribution in [0.3, 0.4) is 0 Å². The lowest BCUT2D eigenvalue weighted by atomic mass is 9.86. The quantitative estimate of drug-likeness (QED) is 0.730. The number of hydrogen-bond acceptors (Lipinski definition) is 2. The molecule has 18 heavy (non-hydrogen) atoms. The molecule has 0 spiro atoms. The largest absolute Gasteiger partial charge is 0.315 e. The van der Waals surface area contributed by atoms with E-state index in [1.807, 2.05) is 0 Å². The van der Waals surface area contributed by atoms with Crippen LogP contribution in [0.4, 0.5) is 0 Å². The molecule has 1 rings (SSSR count). The van der Waals surface area contributed by atoms with Gasteiger partial charge in [0.25, 0.3) is 0 Å². The summed E-state index contributed by atoms with van der Waals surface area (Å²) in [5.41, 5.74) is 0.456. The molecule has 2 unspecified atom stereocenters. The molecule has 0 radical (unpaired) electrons. The molecule has 2 atom stereocenters. The maximum atomic E-state index is 3.58. The van der Waals surface area contributed by atoms with Crippen molar-refractivity contribution in [3.8, 4) is 0 Å². The molecule has 1 saturated carbocycles. The minimum Gasteiger partial charge on any atom is -0.315 e. The molecule has 0 heterocycles. The second-order valence-corrected chi connectivity index (χ2v) is 7.47. The van der Waals surface area contributed by atoms with Crippen LogP contribution in [0.5, 0.6) is 0 Å². The minimum atomic E-state index is 0.456. The van der Waals surface area contributed by atoms with Gasteiger partial charge in [-0.25, -0.2) is 0 Å². The lowest BCUT2D eigenvalue weighted by molar-refractivity contribution is 0.164. The van der Waals surface area contributed by atoms with Crippen LogP contribution in [0.25, 0.3) is 0 Å². The van der Waals surface area contributed by atoms with Crippen LogP contribution in [0.1, 0.15) is 59.8 Å². The summed E-state index contributed by atoms with van der Waals surface area (Å²) in [6.45, 7) is 12.8. The van der Waals surface area contributed by atoms with Gasteiger partial charge in [-0.1, -0.05) is 40.5 Å². The lowest BCUT2D eigenvalue weighted by Gasteiger charge is -2.34. The highest BCUT2D eigenvalue weighted by atomic mass is 15.1. The fourth-order valence-electron chi connectivity index (χ4n) is 2.83. The maximum Gasteiger partial charge on any atom is 0.0107 e. The van der Waals surface area contributed by atoms with Gasteiger partial charge in [0.2, 0.25) is 0 Å². The topological polar surface area (TPSA) is 15.3 Å². The summed E-state index contributed by atoms with van der Waals surface area (Å²) in [4.78, 5) is 2.57. The summed E-state index contributed by atoms with van der Waals surface area (Å²) in [6, 6.07) is 0.832. The zero-order chi connectivity index (χ0) is 13.6. The predicted molar refractivity (Wildman–Crippen MR) is 81.0 cm³/mol. The number of nitrogens with zero attached hydrogens (tertiary/aromatic N) is 1. The number of likely N-dealkylation sites (N-methyl/N-ethyl adjacent to an activating group) is 1. The average molecular weight is 254 g/mol. The fourth-order valence-corrected chi connectivity index (χ4v) is 2.83. The van der Waals surface area contributed by atoms with Gasteiger partial charge in [-0.05, 0) is 44.2 Å². The van der Waals surface area contributed by atoms with E-state index in [1.54, 1.807) is 0 Å². The summed E-state index contributed by atoms with van der Waals surface area (Å²) in [5, 5.41) is 3.58. The van der Waals surface area contributed by atoms with Crippen molar-refractivity contribution in [1.82, 2.24) is 10.2 Å². The Labute approximate surface area is 115 Å². The van der Waals surface area contributed by atoms with Gasteiger partial charge < -0.3 is 10.2 Å². The van der Waals surface area contributed by atoms with Gasteiger partial charge in [0.05, 0.1) is 0 Å². The standard InChI is InChI=1S/C16H34N2/c1-14-7-6-8-15(13-14)18(5)12-11-17-10-9-16(2,3)4/h14-15,17H,6-13H2,1-5H3. The summed E-state index contributed by atoms with van der Waals surface area (Å²) in [7, 11) is 2.30. The van der Waals surface area contributed by atoms with Crippen molar-refractivity contribution in [3.05, 3.63) is 0 Å². The van der Waals surface area contributed by atoms with Crippen molar-refractivity contribution in [2.24, 2.45) is 11.3 Å². The van der Waals surface area contributed by atoms with Gasteiger partial charge in [-0.15, -0.1) is 0 Å². The van der Waals surface area contributed by atoms with Crippen LogP contribution >= 0.6 is 0 Å². The monoisotopic (exact) mass is 254 g/mol. The Balaban J connectivity index is 2.07. The first kappa shape index (κ1) is 16.0. The molecule has 0 bridgehead atoms. The van der Waals surface area contributed by atoms with E-state index in [1.165, 1.54) is 38.6 Å². The fraction of sp³-hybridized carbons (Fsp3) is 1.00. The minimum absolute atomic E-state index is 0.456. The molecule has 1 aliphatic rings. The molecule has 1 N–H and O–H groups in total. The van der Waals surface area contributed by atoms with E-state index in [0.717, 1.165) is 25.0 Å². The number of nitrogens with one attached hydrogen (secondary N) is 1. The Bertz CT molecular complexity index is 220. The van der Waals surface area contributed by atoms with E-state index in [9.17, 15) is 0 Å². The molecule has 0 aromatic heterocycles. The molecule has 108 valence electrons. The highest BCUT2D eigenvalue weighted by Gasteiger charge is 2.21. The van der Waals surface area contributed by atoms with Gasteiger partial charge in [0.1, 0.15) is 0 Å². The maximum absolute atomic E-state index is 3.58. The zero-order valence-corrected chi connectivity index (χ0v) is 13.3. The van der Waals surface area contributed by atoms with Crippen LogP contribution < -0.4 is 5.32 Å². The SMILES string of the molecule is CC1CCCC(N(C)CCNCCC(C)(C)C)C1. The third-order valence-corrected chi connectivity index (χ3v) is 4.23. The first-order chi connectivity index (χ1) is 8.38. The van der Waals surface area contributed by atoms with Crippen molar-refractivity contribution in [2.45, 2.75) is 65.8 Å². The smallest absolute Gasteiger partial charge is 0.0107 e. The first-order valence-corrected chi connectivity index (χ1v) is 7.79. The highest BCUT2D eigenvalue weighted by Crippen LogP contribution is 2.26. The zero-order valence-electron chi connectivity index (χ0n) is 13.3. The average Bonchev–Trinajstić information content (AvgIpc) is 2.26. The van der Waals surface area contributed by atoms with Crippen LogP contribution in [-0.4, -0.2) is 37.6 Å². The van der Waals surface area contributed by atoms with Crippen LogP contribution in [-0.2, 0) is 0 Å². The van der Waals surface area contributed by atoms with E-state index in [4.69, 9.17) is 0 Å². The first-order valence-electron chi connectivity index (χ1n) is 7.79. The molecule has 0 saturated heterocycles. The Morgan fingerprint density at radius 1 is 1.17 bits per heavy atom. The third kappa shape index (κ3) is 6.75. The van der Waals surface area contributed by atoms with Gasteiger partial charge in [-0.2, -0.15) is 0 Å². The van der Waals surface area contributed by atoms with E-state index in [-0.39, 0.29) is 0 Å². The second kappa shape index (κ2) is 7.49. The van der Waals surface area contributed by atoms with Crippen LogP contribution in [0.15, 0.2) is 0 Å². The molecular formula is C16H34N2. The van der Waals surface area contributed by atoms with E-state index in [2.05, 4.69) is 45.0 Å². The van der Waals surface area contributed by atoms with Crippen molar-refractivity contribution < 1.29 is 0 Å². The normalized spacial score (nSPS) is 25.7. The molecular weight excluding hydrogens is 220 g/mol. The Morgan fingerprint density at radius 3 is 2.50 bits per heavy atom. The summed E-state index contributed by atoms with van der Waals surface area (Å²) < 4.78 is 0. The van der Waals surface area contributed by atoms with E-state index in [0.29, 0.717) is 5.41 Å². The summed E-state index contributed by atoms with van der Waals surface area (Å²) in [5.74, 6) is 0.931. The molecule has 0 amide bonds. The highest BCUT2D eigenvalue weighted by molar-refractivity contribution is 4.77. The van der Waals surface area contributed by atoms with E-state index >= 15 is 0 Å². The number of rotatable bonds is 6. The Hall–Kier alpha value is -0.0800. The molecule has 2 nitrogen and oxygen atoms in total. The van der Waals surface area contributed by atoms with Crippen molar-refractivity contribution in [2.75, 3.05) is 26.7 Å². The van der Waals surface area contributed by atoms with Crippen molar-refractivity contribution >= 4 is 0 Å². The molecule has 1 aliphatic carbocycles. The molecule has 1 fully saturated rings. The third-order valence-electron chi connectivity index (χ3n) is 4.23. The molecule has 0 aromatic rings. The lowest BCUT2D eigenvalue weighted by Crippen LogP contribution is -2.39. The van der Waals surface area contributed by atoms with Gasteiger partial charge >= 0.3 is 0 Å². The van der Waals surface area contributed by atoms with Gasteiger partial charge in [0.15, 0.2) is 0 Å². The molecule has 2 heteroatoms. The van der Waals surface area contributed by atoms with Crippen LogP contribution in [0.2, 0.25) is 0 Å². The number of hydrogen-bond donors (Lipinski definition) is 1. The summed E-state index contributed by atoms with van der Waals surface area (Å²) >= 11 is 0. The molecule has 0 aromatic carbocycles. The predicted octanol–water partition coefficient (Wildman–Crippen LogP) is 3.52. The van der Waals surface area contributed by atoms with Crippen molar-refractivity contribution in [1.29, 1.82) is 0 Å². The summed E-state index contributed by atoms with van der Waals surface area (Å²) in [6.07, 6.45) is 6.93. The van der Waals surface area contributed by atoms with E-state index < -0.39 is 0 Å². The van der Waals surface area contributed by atoms with Gasteiger partial charge in [-0.3, -0.25) is 0 Å². The second-order valence-electron chi connectivity index (χ2n) is 7.47. The van der Waals surface area contributed by atoms with Crippen LogP contribution in [0, 0.1) is 11.3 Å².